The number of aliphatic carboxylic acids is 1. The molecule has 2 unspecified atom stereocenters. The molecule has 1 aliphatic heterocycles. The second kappa shape index (κ2) is 6.97. The number of likely N-dealkylation sites (N-methyl/N-ethyl adjacent to an activating group) is 1. The van der Waals surface area contributed by atoms with Crippen molar-refractivity contribution in [3.8, 4) is 0 Å². The van der Waals surface area contributed by atoms with Gasteiger partial charge in [-0.2, -0.15) is 0 Å². The summed E-state index contributed by atoms with van der Waals surface area (Å²) in [7, 11) is 0. The molecule has 1 aliphatic rings. The van der Waals surface area contributed by atoms with E-state index in [4.69, 9.17) is 5.11 Å². The molecule has 0 aromatic heterocycles. The van der Waals surface area contributed by atoms with Gasteiger partial charge in [0, 0.05) is 25.6 Å². The lowest BCUT2D eigenvalue weighted by Gasteiger charge is -2.37. The average molecular weight is 242 g/mol. The number of rotatable bonds is 6. The molecule has 4 nitrogen and oxygen atoms in total. The maximum Gasteiger partial charge on any atom is 0.303 e. The van der Waals surface area contributed by atoms with Gasteiger partial charge in [-0.3, -0.25) is 4.79 Å². The van der Waals surface area contributed by atoms with Crippen molar-refractivity contribution in [2.75, 3.05) is 26.2 Å². The maximum absolute atomic E-state index is 10.8. The minimum Gasteiger partial charge on any atom is -0.481 e. The number of hydrogen-bond donors (Lipinski definition) is 2. The monoisotopic (exact) mass is 242 g/mol. The molecule has 1 rings (SSSR count). The van der Waals surface area contributed by atoms with Crippen LogP contribution in [0.25, 0.3) is 0 Å². The quantitative estimate of drug-likeness (QED) is 0.739. The van der Waals surface area contributed by atoms with Crippen LogP contribution < -0.4 is 5.32 Å². The van der Waals surface area contributed by atoms with Crippen molar-refractivity contribution in [1.82, 2.24) is 10.2 Å². The van der Waals surface area contributed by atoms with E-state index in [0.717, 1.165) is 32.6 Å². The van der Waals surface area contributed by atoms with Crippen molar-refractivity contribution in [3.05, 3.63) is 0 Å². The van der Waals surface area contributed by atoms with Crippen LogP contribution in [-0.2, 0) is 4.79 Å². The predicted molar refractivity (Wildman–Crippen MR) is 69.1 cm³/mol. The second-order valence-electron chi connectivity index (χ2n) is 5.55. The van der Waals surface area contributed by atoms with E-state index in [2.05, 4.69) is 31.0 Å². The van der Waals surface area contributed by atoms with Crippen molar-refractivity contribution in [1.29, 1.82) is 0 Å². The summed E-state index contributed by atoms with van der Waals surface area (Å²) in [5, 5.41) is 12.4. The Kier molecular flexibility index (Phi) is 5.92. The fourth-order valence-corrected chi connectivity index (χ4v) is 2.51. The molecule has 0 aromatic rings. The summed E-state index contributed by atoms with van der Waals surface area (Å²) < 4.78 is 0. The third-order valence-corrected chi connectivity index (χ3v) is 3.34. The van der Waals surface area contributed by atoms with Gasteiger partial charge >= 0.3 is 5.97 Å². The molecule has 2 N–H and O–H groups in total. The van der Waals surface area contributed by atoms with E-state index in [0.29, 0.717) is 24.3 Å². The van der Waals surface area contributed by atoms with Gasteiger partial charge in [0.2, 0.25) is 0 Å². The van der Waals surface area contributed by atoms with Crippen LogP contribution in [-0.4, -0.2) is 48.2 Å². The molecule has 0 spiro atoms. The molecule has 2 atom stereocenters. The van der Waals surface area contributed by atoms with Gasteiger partial charge in [0.25, 0.3) is 0 Å². The van der Waals surface area contributed by atoms with E-state index in [9.17, 15) is 4.79 Å². The Morgan fingerprint density at radius 1 is 1.47 bits per heavy atom. The molecule has 1 fully saturated rings. The normalized spacial score (nSPS) is 26.4. The first-order valence-corrected chi connectivity index (χ1v) is 6.68. The van der Waals surface area contributed by atoms with Gasteiger partial charge < -0.3 is 15.3 Å². The van der Waals surface area contributed by atoms with Crippen LogP contribution in [0.5, 0.6) is 0 Å². The molecule has 1 saturated heterocycles. The summed E-state index contributed by atoms with van der Waals surface area (Å²) in [5.74, 6) is 0.270. The first-order chi connectivity index (χ1) is 8.01. The van der Waals surface area contributed by atoms with E-state index in [1.807, 2.05) is 0 Å². The lowest BCUT2D eigenvalue weighted by molar-refractivity contribution is -0.138. The Bertz CT molecular complexity index is 244. The highest BCUT2D eigenvalue weighted by molar-refractivity contribution is 5.67. The van der Waals surface area contributed by atoms with Crippen LogP contribution in [0.15, 0.2) is 0 Å². The first kappa shape index (κ1) is 14.5. The molecular weight excluding hydrogens is 216 g/mol. The van der Waals surface area contributed by atoms with E-state index < -0.39 is 5.97 Å². The molecule has 0 aliphatic carbocycles. The van der Waals surface area contributed by atoms with Crippen LogP contribution in [0.3, 0.4) is 0 Å². The molecule has 0 radical (unpaired) electrons. The van der Waals surface area contributed by atoms with Crippen LogP contribution in [0.4, 0.5) is 0 Å². The zero-order valence-corrected chi connectivity index (χ0v) is 11.3. The number of piperidine rings is 1. The summed E-state index contributed by atoms with van der Waals surface area (Å²) in [6.45, 7) is 10.5. The maximum atomic E-state index is 10.8. The standard InChI is InChI=1S/C13H26N2O2/c1-4-15-8-11(6-13(16)17)5-12(9-15)14-7-10(2)3/h10-12,14H,4-9H2,1-3H3,(H,16,17). The van der Waals surface area contributed by atoms with Gasteiger partial charge in [-0.05, 0) is 31.3 Å². The Hall–Kier alpha value is -0.610. The van der Waals surface area contributed by atoms with E-state index in [1.54, 1.807) is 0 Å². The van der Waals surface area contributed by atoms with E-state index in [1.165, 1.54) is 0 Å². The largest absolute Gasteiger partial charge is 0.481 e. The summed E-state index contributed by atoms with van der Waals surface area (Å²) in [6.07, 6.45) is 1.30. The fourth-order valence-electron chi connectivity index (χ4n) is 2.51. The van der Waals surface area contributed by atoms with E-state index >= 15 is 0 Å². The third-order valence-electron chi connectivity index (χ3n) is 3.34. The number of nitrogens with one attached hydrogen (secondary N) is 1. The molecule has 1 heterocycles. The van der Waals surface area contributed by atoms with E-state index in [-0.39, 0.29) is 0 Å². The van der Waals surface area contributed by atoms with Crippen LogP contribution in [0.1, 0.15) is 33.6 Å². The van der Waals surface area contributed by atoms with Gasteiger partial charge in [-0.15, -0.1) is 0 Å². The minimum absolute atomic E-state index is 0.297. The minimum atomic E-state index is -0.671. The SMILES string of the molecule is CCN1CC(CC(=O)O)CC(NCC(C)C)C1. The molecule has 100 valence electrons. The highest BCUT2D eigenvalue weighted by Gasteiger charge is 2.27. The van der Waals surface area contributed by atoms with Crippen molar-refractivity contribution in [2.45, 2.75) is 39.7 Å². The predicted octanol–water partition coefficient (Wildman–Crippen LogP) is 1.42. The zero-order chi connectivity index (χ0) is 12.8. The summed E-state index contributed by atoms with van der Waals surface area (Å²) >= 11 is 0. The number of nitrogens with zero attached hydrogens (tertiary/aromatic N) is 1. The number of carboxylic acid groups (broad SMARTS) is 1. The molecule has 0 bridgehead atoms. The zero-order valence-electron chi connectivity index (χ0n) is 11.3. The molecule has 0 saturated carbocycles. The number of carboxylic acids is 1. The topological polar surface area (TPSA) is 52.6 Å². The number of hydrogen-bond acceptors (Lipinski definition) is 3. The lowest BCUT2D eigenvalue weighted by Crippen LogP contribution is -2.50. The number of likely N-dealkylation sites (tertiary alicyclic amines) is 1. The fraction of sp³-hybridized carbons (Fsp3) is 0.923. The Labute approximate surface area is 104 Å². The average Bonchev–Trinajstić information content (AvgIpc) is 2.25. The Morgan fingerprint density at radius 3 is 2.71 bits per heavy atom. The molecular formula is C13H26N2O2. The van der Waals surface area contributed by atoms with Gasteiger partial charge in [-0.25, -0.2) is 0 Å². The molecule has 4 heteroatoms. The third kappa shape index (κ3) is 5.50. The van der Waals surface area contributed by atoms with Crippen LogP contribution in [0.2, 0.25) is 0 Å². The summed E-state index contributed by atoms with van der Waals surface area (Å²) in [4.78, 5) is 13.2. The van der Waals surface area contributed by atoms with Gasteiger partial charge in [0.1, 0.15) is 0 Å². The highest BCUT2D eigenvalue weighted by atomic mass is 16.4. The van der Waals surface area contributed by atoms with Crippen molar-refractivity contribution >= 4 is 5.97 Å². The summed E-state index contributed by atoms with van der Waals surface area (Å²) in [5.41, 5.74) is 0. The van der Waals surface area contributed by atoms with Crippen molar-refractivity contribution < 1.29 is 9.90 Å². The number of carbonyl (C=O) groups is 1. The highest BCUT2D eigenvalue weighted by Crippen LogP contribution is 2.20. The van der Waals surface area contributed by atoms with Gasteiger partial charge in [-0.1, -0.05) is 20.8 Å². The Balaban J connectivity index is 2.44. The van der Waals surface area contributed by atoms with Crippen LogP contribution >= 0.6 is 0 Å². The van der Waals surface area contributed by atoms with Crippen molar-refractivity contribution in [2.24, 2.45) is 11.8 Å². The molecule has 17 heavy (non-hydrogen) atoms. The van der Waals surface area contributed by atoms with Crippen molar-refractivity contribution in [3.63, 3.8) is 0 Å². The first-order valence-electron chi connectivity index (χ1n) is 6.68. The lowest BCUT2D eigenvalue weighted by atomic mass is 9.91. The van der Waals surface area contributed by atoms with Crippen LogP contribution in [0, 0.1) is 11.8 Å². The second-order valence-corrected chi connectivity index (χ2v) is 5.55. The summed E-state index contributed by atoms with van der Waals surface area (Å²) in [6, 6.07) is 0.454. The molecule has 0 aromatic carbocycles. The smallest absolute Gasteiger partial charge is 0.303 e. The molecule has 0 amide bonds. The Morgan fingerprint density at radius 2 is 2.18 bits per heavy atom. The van der Waals surface area contributed by atoms with Gasteiger partial charge in [0.05, 0.1) is 0 Å². The van der Waals surface area contributed by atoms with Gasteiger partial charge in [0.15, 0.2) is 0 Å².